The molecule has 2 fully saturated rings. The minimum Gasteiger partial charge on any atom is -0.394 e. The Kier molecular flexibility index (Phi) is 2.83. The highest BCUT2D eigenvalue weighted by molar-refractivity contribution is 14.1. The Balaban J connectivity index is 1.70. The number of ether oxygens (including phenoxy) is 2. The second-order valence-corrected chi connectivity index (χ2v) is 5.46. The van der Waals surface area contributed by atoms with Gasteiger partial charge in [-0.05, 0) is 26.7 Å². The molecule has 0 aliphatic carbocycles. The molecule has 0 amide bonds. The monoisotopic (exact) mass is 312 g/mol. The molecule has 2 saturated heterocycles. The van der Waals surface area contributed by atoms with Crippen molar-refractivity contribution in [2.75, 3.05) is 11.0 Å². The topological polar surface area (TPSA) is 45.3 Å². The number of epoxide rings is 2. The van der Waals surface area contributed by atoms with Crippen molar-refractivity contribution in [3.8, 4) is 0 Å². The average Bonchev–Trinajstić information content (AvgIpc) is 3.02. The van der Waals surface area contributed by atoms with Gasteiger partial charge in [-0.1, -0.05) is 22.6 Å². The van der Waals surface area contributed by atoms with Gasteiger partial charge in [-0.3, -0.25) is 0 Å². The predicted molar refractivity (Wildman–Crippen MR) is 61.8 cm³/mol. The van der Waals surface area contributed by atoms with Crippen molar-refractivity contribution in [1.29, 1.82) is 0 Å². The second-order valence-electron chi connectivity index (χ2n) is 4.69. The maximum Gasteiger partial charge on any atom is 0.110 e. The summed E-state index contributed by atoms with van der Waals surface area (Å²) in [6.07, 6.45) is 2.51. The van der Waals surface area contributed by atoms with Crippen LogP contribution in [0.3, 0.4) is 0 Å². The molecule has 82 valence electrons. The Hall–Kier alpha value is 0.610. The number of halogens is 1. The van der Waals surface area contributed by atoms with Crippen molar-refractivity contribution in [3.63, 3.8) is 0 Å². The molecule has 14 heavy (non-hydrogen) atoms. The highest BCUT2D eigenvalue weighted by Gasteiger charge is 2.56. The lowest BCUT2D eigenvalue weighted by molar-refractivity contribution is 0.233. The summed E-state index contributed by atoms with van der Waals surface area (Å²) in [5.74, 6) is 0. The van der Waals surface area contributed by atoms with Crippen LogP contribution in [0.15, 0.2) is 0 Å². The van der Waals surface area contributed by atoms with E-state index in [1.165, 1.54) is 0 Å². The van der Waals surface area contributed by atoms with Crippen molar-refractivity contribution in [3.05, 3.63) is 0 Å². The third-order valence-electron chi connectivity index (χ3n) is 3.40. The molecular weight excluding hydrogens is 295 g/mol. The summed E-state index contributed by atoms with van der Waals surface area (Å²) in [5.41, 5.74) is 0.0351. The lowest BCUT2D eigenvalue weighted by atomic mass is 9.97. The van der Waals surface area contributed by atoms with Gasteiger partial charge >= 0.3 is 0 Å². The van der Waals surface area contributed by atoms with E-state index in [-0.39, 0.29) is 23.9 Å². The van der Waals surface area contributed by atoms with E-state index in [1.54, 1.807) is 0 Å². The van der Waals surface area contributed by atoms with Crippen LogP contribution in [-0.2, 0) is 9.47 Å². The fourth-order valence-electron chi connectivity index (χ4n) is 1.93. The van der Waals surface area contributed by atoms with Gasteiger partial charge in [0, 0.05) is 4.43 Å². The van der Waals surface area contributed by atoms with E-state index in [0.29, 0.717) is 6.10 Å². The molecule has 2 aliphatic heterocycles. The van der Waals surface area contributed by atoms with Gasteiger partial charge in [-0.2, -0.15) is 0 Å². The fraction of sp³-hybridized carbons (Fsp3) is 1.00. The summed E-state index contributed by atoms with van der Waals surface area (Å²) in [7, 11) is 0. The van der Waals surface area contributed by atoms with E-state index in [4.69, 9.17) is 14.6 Å². The Morgan fingerprint density at radius 2 is 1.86 bits per heavy atom. The quantitative estimate of drug-likeness (QED) is 0.475. The van der Waals surface area contributed by atoms with Crippen LogP contribution in [0.4, 0.5) is 0 Å². The summed E-state index contributed by atoms with van der Waals surface area (Å²) >= 11 is 2.36. The van der Waals surface area contributed by atoms with E-state index in [9.17, 15) is 0 Å². The van der Waals surface area contributed by atoms with Crippen LogP contribution in [0.25, 0.3) is 0 Å². The molecule has 0 spiro atoms. The first kappa shape index (κ1) is 11.1. The van der Waals surface area contributed by atoms with Gasteiger partial charge in [0.15, 0.2) is 0 Å². The number of aliphatic hydroxyl groups excluding tert-OH is 1. The molecule has 2 rings (SSSR count). The first-order valence-electron chi connectivity index (χ1n) is 5.06. The molecule has 0 aromatic carbocycles. The Morgan fingerprint density at radius 3 is 2.29 bits per heavy atom. The van der Waals surface area contributed by atoms with Crippen molar-refractivity contribution in [2.24, 2.45) is 0 Å². The first-order valence-corrected chi connectivity index (χ1v) is 6.59. The van der Waals surface area contributed by atoms with Gasteiger partial charge in [-0.25, -0.2) is 0 Å². The third kappa shape index (κ3) is 1.94. The largest absolute Gasteiger partial charge is 0.394 e. The molecule has 2 heterocycles. The summed E-state index contributed by atoms with van der Waals surface area (Å²) < 4.78 is 12.1. The Bertz CT molecular complexity index is 235. The molecule has 1 N–H and O–H groups in total. The van der Waals surface area contributed by atoms with E-state index in [1.807, 2.05) is 0 Å². The average molecular weight is 312 g/mol. The van der Waals surface area contributed by atoms with Crippen molar-refractivity contribution >= 4 is 22.6 Å². The molecule has 2 aliphatic rings. The zero-order valence-electron chi connectivity index (χ0n) is 8.62. The second kappa shape index (κ2) is 3.57. The van der Waals surface area contributed by atoms with Gasteiger partial charge < -0.3 is 14.6 Å². The smallest absolute Gasteiger partial charge is 0.110 e. The van der Waals surface area contributed by atoms with E-state index < -0.39 is 0 Å². The first-order chi connectivity index (χ1) is 6.54. The van der Waals surface area contributed by atoms with Crippen LogP contribution < -0.4 is 0 Å². The van der Waals surface area contributed by atoms with Crippen LogP contribution in [0, 0.1) is 0 Å². The molecule has 0 bridgehead atoms. The molecule has 0 radical (unpaired) electrons. The van der Waals surface area contributed by atoms with Gasteiger partial charge in [0.2, 0.25) is 0 Å². The maximum atomic E-state index is 8.91. The predicted octanol–water partition coefficient (Wildman–Crippen LogP) is 1.51. The van der Waals surface area contributed by atoms with Gasteiger partial charge in [0.1, 0.15) is 11.7 Å². The van der Waals surface area contributed by atoms with Crippen LogP contribution in [0.2, 0.25) is 0 Å². The van der Waals surface area contributed by atoms with Crippen molar-refractivity contribution in [1.82, 2.24) is 0 Å². The number of aliphatic hydroxyl groups is 1. The van der Waals surface area contributed by atoms with Crippen LogP contribution >= 0.6 is 22.6 Å². The minimum atomic E-state index is -0.0765. The number of hydrogen-bond donors (Lipinski definition) is 1. The standard InChI is InChI=1S/C10H17IO3/c1-9(8(5-12)14-9)4-3-7-10(2,6-11)13-7/h7-8,12H,3-6H2,1-2H3/t7-,8-,9-,10-/m1/s1. The SMILES string of the molecule is C[C@]1(CI)O[C@@H]1CC[C@@]1(C)O[C@@H]1CO. The zero-order chi connectivity index (χ0) is 10.4. The summed E-state index contributed by atoms with van der Waals surface area (Å²) in [4.78, 5) is 0. The highest BCUT2D eigenvalue weighted by atomic mass is 127. The molecule has 4 atom stereocenters. The highest BCUT2D eigenvalue weighted by Crippen LogP contribution is 2.46. The fourth-order valence-corrected chi connectivity index (χ4v) is 2.60. The summed E-state index contributed by atoms with van der Waals surface area (Å²) in [6.45, 7) is 4.37. The molecule has 0 saturated carbocycles. The Morgan fingerprint density at radius 1 is 1.21 bits per heavy atom. The molecule has 0 aromatic heterocycles. The molecule has 4 heteroatoms. The third-order valence-corrected chi connectivity index (χ3v) is 4.92. The minimum absolute atomic E-state index is 0.0621. The number of rotatable bonds is 5. The number of alkyl halides is 1. The molecule has 3 nitrogen and oxygen atoms in total. The maximum absolute atomic E-state index is 8.91. The lowest BCUT2D eigenvalue weighted by Gasteiger charge is -2.04. The van der Waals surface area contributed by atoms with Crippen LogP contribution in [0.5, 0.6) is 0 Å². The van der Waals surface area contributed by atoms with E-state index in [2.05, 4.69) is 36.4 Å². The van der Waals surface area contributed by atoms with Gasteiger partial charge in [0.05, 0.1) is 18.3 Å². The molecule has 0 unspecified atom stereocenters. The van der Waals surface area contributed by atoms with Crippen LogP contribution in [-0.4, -0.2) is 39.6 Å². The lowest BCUT2D eigenvalue weighted by Crippen LogP contribution is -2.16. The van der Waals surface area contributed by atoms with E-state index in [0.717, 1.165) is 17.3 Å². The number of hydrogen-bond acceptors (Lipinski definition) is 3. The van der Waals surface area contributed by atoms with E-state index >= 15 is 0 Å². The summed E-state index contributed by atoms with van der Waals surface area (Å²) in [6, 6.07) is 0. The zero-order valence-corrected chi connectivity index (χ0v) is 10.8. The van der Waals surface area contributed by atoms with Crippen molar-refractivity contribution in [2.45, 2.75) is 50.1 Å². The summed E-state index contributed by atoms with van der Waals surface area (Å²) in [5, 5.41) is 8.91. The molecular formula is C10H17IO3. The van der Waals surface area contributed by atoms with Crippen molar-refractivity contribution < 1.29 is 14.6 Å². The van der Waals surface area contributed by atoms with Gasteiger partial charge in [0.25, 0.3) is 0 Å². The molecule has 0 aromatic rings. The Labute approximate surface area is 98.3 Å². The normalized spacial score (nSPS) is 50.6. The van der Waals surface area contributed by atoms with Gasteiger partial charge in [-0.15, -0.1) is 0 Å². The van der Waals surface area contributed by atoms with Crippen LogP contribution in [0.1, 0.15) is 26.7 Å².